The van der Waals surface area contributed by atoms with Gasteiger partial charge in [-0.15, -0.1) is 0 Å². The highest BCUT2D eigenvalue weighted by Crippen LogP contribution is 2.08. The van der Waals surface area contributed by atoms with Crippen LogP contribution in [0.2, 0.25) is 5.28 Å². The van der Waals surface area contributed by atoms with E-state index in [2.05, 4.69) is 49.8 Å². The fraction of sp³-hybridized carbons (Fsp3) is 1.00. The average molecular weight is 172 g/mol. The van der Waals surface area contributed by atoms with Crippen LogP contribution in [0.15, 0.2) is 0 Å². The van der Waals surface area contributed by atoms with Crippen LogP contribution < -0.4 is 0 Å². The van der Waals surface area contributed by atoms with Gasteiger partial charge in [-0.3, -0.25) is 0 Å². The fourth-order valence-corrected chi connectivity index (χ4v) is 3.92. The van der Waals surface area contributed by atoms with E-state index in [1.165, 1.54) is 5.28 Å². The molecule has 0 aromatic carbocycles. The Hall–Kier alpha value is 0.452. The molecule has 3 heteroatoms. The topological polar surface area (TPSA) is 6.48 Å². The minimum atomic E-state index is -0.772. The molecule has 66 valence electrons. The standard InChI is InChI=1S/C4H9.2C2H6N.Al/c1-4(2)3;2*1-3-2;/h4H,1H2,2-3H3;2*1-2H3;/q;2*-1;+2. The van der Waals surface area contributed by atoms with Crippen molar-refractivity contribution < 1.29 is 0 Å². The molecule has 0 heterocycles. The highest BCUT2D eigenvalue weighted by Gasteiger charge is 2.25. The van der Waals surface area contributed by atoms with Gasteiger partial charge in [0.1, 0.15) is 0 Å². The molecule has 0 aromatic rings. The zero-order valence-corrected chi connectivity index (χ0v) is 9.91. The summed E-state index contributed by atoms with van der Waals surface area (Å²) in [5, 5.41) is 1.38. The molecule has 0 rings (SSSR count). The predicted octanol–water partition coefficient (Wildman–Crippen LogP) is 1.25. The molecule has 0 saturated heterocycles. The Labute approximate surface area is 76.0 Å². The van der Waals surface area contributed by atoms with Crippen molar-refractivity contribution in [3.05, 3.63) is 0 Å². The molecule has 0 spiro atoms. The highest BCUT2D eigenvalue weighted by molar-refractivity contribution is 6.52. The molecule has 0 fully saturated rings. The second-order valence-electron chi connectivity index (χ2n) is 4.04. The summed E-state index contributed by atoms with van der Waals surface area (Å²) in [7, 11) is 8.77. The summed E-state index contributed by atoms with van der Waals surface area (Å²) >= 11 is -0.772. The Kier molecular flexibility index (Phi) is 5.37. The van der Waals surface area contributed by atoms with Gasteiger partial charge in [0.05, 0.1) is 0 Å². The van der Waals surface area contributed by atoms with Gasteiger partial charge in [0.2, 0.25) is 0 Å². The molecule has 0 N–H and O–H groups in total. The Bertz CT molecular complexity index is 94.3. The van der Waals surface area contributed by atoms with Crippen molar-refractivity contribution in [2.45, 2.75) is 19.1 Å². The van der Waals surface area contributed by atoms with Crippen LogP contribution in [0, 0.1) is 5.92 Å². The summed E-state index contributed by atoms with van der Waals surface area (Å²) in [4.78, 5) is 0. The zero-order valence-electron chi connectivity index (χ0n) is 8.76. The summed E-state index contributed by atoms with van der Waals surface area (Å²) in [6.07, 6.45) is 0. The van der Waals surface area contributed by atoms with Crippen molar-refractivity contribution >= 4 is 14.6 Å². The average Bonchev–Trinajstić information content (AvgIpc) is 1.81. The van der Waals surface area contributed by atoms with E-state index in [1.807, 2.05) is 0 Å². The lowest BCUT2D eigenvalue weighted by Crippen LogP contribution is -2.46. The van der Waals surface area contributed by atoms with E-state index in [-0.39, 0.29) is 0 Å². The van der Waals surface area contributed by atoms with Crippen LogP contribution >= 0.6 is 0 Å². The SMILES string of the molecule is CC(C)[CH2][Al]([N](C)C)[N](C)C. The van der Waals surface area contributed by atoms with Gasteiger partial charge in [-0.1, -0.05) is 25.0 Å². The van der Waals surface area contributed by atoms with Crippen LogP contribution in [0.3, 0.4) is 0 Å². The van der Waals surface area contributed by atoms with Gasteiger partial charge in [-0.2, -0.15) is 0 Å². The molecule has 0 bridgehead atoms. The summed E-state index contributed by atoms with van der Waals surface area (Å²) in [6.45, 7) is 4.60. The maximum absolute atomic E-state index is 2.40. The Morgan fingerprint density at radius 3 is 1.45 bits per heavy atom. The van der Waals surface area contributed by atoms with Gasteiger partial charge < -0.3 is 7.77 Å². The van der Waals surface area contributed by atoms with Crippen LogP contribution in [0.5, 0.6) is 0 Å². The minimum Gasteiger partial charge on any atom is -0.376 e. The van der Waals surface area contributed by atoms with E-state index in [4.69, 9.17) is 0 Å². The van der Waals surface area contributed by atoms with E-state index in [0.717, 1.165) is 5.92 Å². The first-order chi connectivity index (χ1) is 4.95. The maximum atomic E-state index is 2.40. The predicted molar refractivity (Wildman–Crippen MR) is 52.8 cm³/mol. The van der Waals surface area contributed by atoms with E-state index >= 15 is 0 Å². The normalized spacial score (nSPS) is 11.7. The molecule has 0 aliphatic heterocycles. The Balaban J connectivity index is 3.90. The van der Waals surface area contributed by atoms with Crippen molar-refractivity contribution in [2.24, 2.45) is 5.92 Å². The first kappa shape index (κ1) is 11.5. The first-order valence-electron chi connectivity index (χ1n) is 4.28. The molecule has 0 saturated carbocycles. The van der Waals surface area contributed by atoms with Crippen molar-refractivity contribution in [1.82, 2.24) is 7.77 Å². The summed E-state index contributed by atoms with van der Waals surface area (Å²) in [6, 6.07) is 0. The molecule has 0 aliphatic rings. The van der Waals surface area contributed by atoms with Gasteiger partial charge in [-0.25, -0.2) is 0 Å². The second kappa shape index (κ2) is 5.16. The van der Waals surface area contributed by atoms with Gasteiger partial charge in [-0.05, 0) is 28.2 Å². The fourth-order valence-electron chi connectivity index (χ4n) is 1.31. The van der Waals surface area contributed by atoms with Gasteiger partial charge in [0.15, 0.2) is 0 Å². The molecule has 0 amide bonds. The van der Waals surface area contributed by atoms with Crippen LogP contribution in [0.1, 0.15) is 13.8 Å². The first-order valence-corrected chi connectivity index (χ1v) is 6.13. The molecule has 0 aromatic heterocycles. The van der Waals surface area contributed by atoms with Gasteiger partial charge >= 0.3 is 14.6 Å². The third-order valence-corrected chi connectivity index (χ3v) is 5.62. The molecule has 0 unspecified atom stereocenters. The van der Waals surface area contributed by atoms with Crippen LogP contribution in [0.4, 0.5) is 0 Å². The third-order valence-electron chi connectivity index (χ3n) is 1.87. The number of nitrogens with zero attached hydrogens (tertiary/aromatic N) is 2. The largest absolute Gasteiger partial charge is 0.487 e. The van der Waals surface area contributed by atoms with Gasteiger partial charge in [0.25, 0.3) is 0 Å². The Morgan fingerprint density at radius 2 is 1.36 bits per heavy atom. The zero-order chi connectivity index (χ0) is 9.02. The quantitative estimate of drug-likeness (QED) is 0.589. The van der Waals surface area contributed by atoms with E-state index in [9.17, 15) is 0 Å². The molecule has 0 aliphatic carbocycles. The summed E-state index contributed by atoms with van der Waals surface area (Å²) < 4.78 is 4.81. The second-order valence-corrected chi connectivity index (χ2v) is 7.54. The van der Waals surface area contributed by atoms with E-state index in [1.54, 1.807) is 0 Å². The van der Waals surface area contributed by atoms with Crippen LogP contribution in [0.25, 0.3) is 0 Å². The van der Waals surface area contributed by atoms with Crippen LogP contribution in [-0.2, 0) is 0 Å². The van der Waals surface area contributed by atoms with Crippen molar-refractivity contribution in [3.63, 3.8) is 0 Å². The van der Waals surface area contributed by atoms with E-state index in [0.29, 0.717) is 0 Å². The monoisotopic (exact) mass is 172 g/mol. The lowest BCUT2D eigenvalue weighted by molar-refractivity contribution is 0.497. The van der Waals surface area contributed by atoms with Crippen LogP contribution in [-0.4, -0.2) is 50.5 Å². The Morgan fingerprint density at radius 1 is 1.00 bits per heavy atom. The van der Waals surface area contributed by atoms with E-state index < -0.39 is 14.6 Å². The molecule has 2 nitrogen and oxygen atoms in total. The summed E-state index contributed by atoms with van der Waals surface area (Å²) in [5.74, 6) is 0.830. The molecule has 11 heavy (non-hydrogen) atoms. The smallest absolute Gasteiger partial charge is 0.376 e. The number of rotatable bonds is 4. The number of hydrogen-bond acceptors (Lipinski definition) is 2. The third kappa shape index (κ3) is 4.82. The van der Waals surface area contributed by atoms with Crippen molar-refractivity contribution in [1.29, 1.82) is 0 Å². The minimum absolute atomic E-state index is 0.772. The lowest BCUT2D eigenvalue weighted by Gasteiger charge is -2.26. The highest BCUT2D eigenvalue weighted by atomic mass is 27.2. The molecular formula is C8H21AlN2. The molecule has 0 radical (unpaired) electrons. The van der Waals surface area contributed by atoms with Crippen molar-refractivity contribution in [3.8, 4) is 0 Å². The van der Waals surface area contributed by atoms with Gasteiger partial charge in [0, 0.05) is 0 Å². The maximum Gasteiger partial charge on any atom is 0.487 e. The molecular weight excluding hydrogens is 151 g/mol. The number of hydrogen-bond donors (Lipinski definition) is 0. The van der Waals surface area contributed by atoms with Crippen molar-refractivity contribution in [2.75, 3.05) is 28.2 Å². The lowest BCUT2D eigenvalue weighted by atomic mass is 10.3. The summed E-state index contributed by atoms with van der Waals surface area (Å²) in [5.41, 5.74) is 0. The molecule has 0 atom stereocenters.